The van der Waals surface area contributed by atoms with Crippen LogP contribution in [0.2, 0.25) is 0 Å². The number of carbonyl (C=O) groups is 1. The molecule has 7 heteroatoms. The van der Waals surface area contributed by atoms with Crippen molar-refractivity contribution >= 4 is 11.9 Å². The molecule has 4 N–H and O–H groups in total. The van der Waals surface area contributed by atoms with Crippen molar-refractivity contribution in [3.63, 3.8) is 0 Å². The molecule has 168 valence electrons. The van der Waals surface area contributed by atoms with Crippen molar-refractivity contribution in [2.24, 2.45) is 16.6 Å². The van der Waals surface area contributed by atoms with Gasteiger partial charge in [0.05, 0.1) is 19.2 Å². The molecule has 1 unspecified atom stereocenters. The maximum atomic E-state index is 10.9. The maximum absolute atomic E-state index is 10.9. The number of aliphatic imine (C=N–C) groups is 1. The lowest BCUT2D eigenvalue weighted by molar-refractivity contribution is -0.119. The Hall–Kier alpha value is -3.22. The fraction of sp³-hybridized carbons (Fsp3) is 0.417. The molecule has 0 heterocycles. The van der Waals surface area contributed by atoms with Gasteiger partial charge in [0, 0.05) is 6.54 Å². The van der Waals surface area contributed by atoms with Gasteiger partial charge in [0.2, 0.25) is 0 Å². The van der Waals surface area contributed by atoms with Crippen LogP contribution < -0.4 is 25.8 Å². The molecule has 0 aromatic heterocycles. The minimum atomic E-state index is -0.504. The van der Waals surface area contributed by atoms with Crippen LogP contribution in [-0.2, 0) is 11.3 Å². The van der Waals surface area contributed by atoms with Crippen molar-refractivity contribution in [2.75, 3.05) is 19.8 Å². The molecule has 0 aliphatic rings. The van der Waals surface area contributed by atoms with Crippen molar-refractivity contribution < 1.29 is 14.3 Å². The highest BCUT2D eigenvalue weighted by molar-refractivity contribution is 5.80. The van der Waals surface area contributed by atoms with Crippen LogP contribution in [0.3, 0.4) is 0 Å². The number of rotatable bonds is 11. The van der Waals surface area contributed by atoms with Crippen LogP contribution in [-0.4, -0.2) is 31.6 Å². The number of ether oxygens (including phenoxy) is 2. The molecular formula is C24H34N4O3. The van der Waals surface area contributed by atoms with Gasteiger partial charge < -0.3 is 25.8 Å². The summed E-state index contributed by atoms with van der Waals surface area (Å²) in [6.07, 6.45) is 0. The number of primary amides is 1. The molecule has 0 radical (unpaired) electrons. The van der Waals surface area contributed by atoms with E-state index in [-0.39, 0.29) is 12.6 Å². The lowest BCUT2D eigenvalue weighted by Crippen LogP contribution is -2.38. The zero-order valence-corrected chi connectivity index (χ0v) is 18.9. The number of hydrogen-bond acceptors (Lipinski definition) is 4. The third kappa shape index (κ3) is 8.99. The number of nitrogens with two attached hydrogens (primary N) is 1. The molecule has 2 aromatic rings. The zero-order chi connectivity index (χ0) is 22.6. The Morgan fingerprint density at radius 1 is 1.06 bits per heavy atom. The summed E-state index contributed by atoms with van der Waals surface area (Å²) in [5, 5.41) is 6.71. The average Bonchev–Trinajstić information content (AvgIpc) is 2.75. The summed E-state index contributed by atoms with van der Waals surface area (Å²) in [6.45, 7) is 10.2. The van der Waals surface area contributed by atoms with E-state index in [0.717, 1.165) is 29.4 Å². The van der Waals surface area contributed by atoms with Crippen molar-refractivity contribution in [1.29, 1.82) is 0 Å². The number of guanidine groups is 1. The molecule has 0 bridgehead atoms. The second kappa shape index (κ2) is 12.5. The van der Waals surface area contributed by atoms with E-state index in [1.807, 2.05) is 37.3 Å². The molecular weight excluding hydrogens is 392 g/mol. The Morgan fingerprint density at radius 3 is 2.45 bits per heavy atom. The highest BCUT2D eigenvalue weighted by Gasteiger charge is 2.09. The lowest BCUT2D eigenvalue weighted by Gasteiger charge is -2.19. The third-order valence-electron chi connectivity index (χ3n) is 4.36. The predicted octanol–water partition coefficient (Wildman–Crippen LogP) is 3.40. The summed E-state index contributed by atoms with van der Waals surface area (Å²) < 4.78 is 11.1. The smallest absolute Gasteiger partial charge is 0.255 e. The van der Waals surface area contributed by atoms with E-state index in [9.17, 15) is 4.79 Å². The molecule has 0 fully saturated rings. The molecule has 31 heavy (non-hydrogen) atoms. The van der Waals surface area contributed by atoms with Gasteiger partial charge >= 0.3 is 0 Å². The van der Waals surface area contributed by atoms with Crippen molar-refractivity contribution in [3.8, 4) is 11.5 Å². The summed E-state index contributed by atoms with van der Waals surface area (Å²) in [7, 11) is 0. The van der Waals surface area contributed by atoms with E-state index in [1.165, 1.54) is 0 Å². The molecule has 1 atom stereocenters. The van der Waals surface area contributed by atoms with Gasteiger partial charge in [-0.3, -0.25) is 4.79 Å². The van der Waals surface area contributed by atoms with Crippen LogP contribution in [0, 0.1) is 5.92 Å². The summed E-state index contributed by atoms with van der Waals surface area (Å²) in [4.78, 5) is 15.6. The Kier molecular flexibility index (Phi) is 9.68. The van der Waals surface area contributed by atoms with Gasteiger partial charge in [0.15, 0.2) is 12.6 Å². The highest BCUT2D eigenvalue weighted by Crippen LogP contribution is 2.18. The SMILES string of the molecule is CCNC(=NCc1cccc(OCC(N)=O)c1)NC(C)c1ccc(OCC(C)C)cc1. The van der Waals surface area contributed by atoms with Gasteiger partial charge in [-0.2, -0.15) is 0 Å². The minimum Gasteiger partial charge on any atom is -0.493 e. The van der Waals surface area contributed by atoms with Gasteiger partial charge in [-0.1, -0.05) is 38.1 Å². The number of benzene rings is 2. The van der Waals surface area contributed by atoms with E-state index in [4.69, 9.17) is 15.2 Å². The van der Waals surface area contributed by atoms with Crippen LogP contribution in [0.1, 0.15) is 44.9 Å². The van der Waals surface area contributed by atoms with E-state index >= 15 is 0 Å². The molecule has 0 aliphatic heterocycles. The van der Waals surface area contributed by atoms with E-state index in [2.05, 4.69) is 48.5 Å². The van der Waals surface area contributed by atoms with E-state index in [1.54, 1.807) is 6.07 Å². The van der Waals surface area contributed by atoms with E-state index < -0.39 is 5.91 Å². The monoisotopic (exact) mass is 426 g/mol. The van der Waals surface area contributed by atoms with Crippen molar-refractivity contribution in [1.82, 2.24) is 10.6 Å². The summed E-state index contributed by atoms with van der Waals surface area (Å²) >= 11 is 0. The fourth-order valence-electron chi connectivity index (χ4n) is 2.78. The van der Waals surface area contributed by atoms with Crippen LogP contribution in [0.4, 0.5) is 0 Å². The molecule has 0 aliphatic carbocycles. The van der Waals surface area contributed by atoms with Crippen molar-refractivity contribution in [3.05, 3.63) is 59.7 Å². The largest absolute Gasteiger partial charge is 0.493 e. The van der Waals surface area contributed by atoms with E-state index in [0.29, 0.717) is 24.8 Å². The molecule has 7 nitrogen and oxygen atoms in total. The Balaban J connectivity index is 1.99. The van der Waals surface area contributed by atoms with Gasteiger partial charge in [0.25, 0.3) is 5.91 Å². The summed E-state index contributed by atoms with van der Waals surface area (Å²) in [5.41, 5.74) is 7.24. The van der Waals surface area contributed by atoms with Crippen molar-refractivity contribution in [2.45, 2.75) is 40.3 Å². The predicted molar refractivity (Wildman–Crippen MR) is 124 cm³/mol. The van der Waals surface area contributed by atoms with Gasteiger partial charge in [-0.05, 0) is 55.2 Å². The second-order valence-electron chi connectivity index (χ2n) is 7.74. The Morgan fingerprint density at radius 2 is 1.81 bits per heavy atom. The van der Waals surface area contributed by atoms with Crippen LogP contribution in [0.5, 0.6) is 11.5 Å². The molecule has 1 amide bonds. The molecule has 2 rings (SSSR count). The zero-order valence-electron chi connectivity index (χ0n) is 18.9. The first-order valence-electron chi connectivity index (χ1n) is 10.6. The standard InChI is InChI=1S/C24H34N4O3/c1-5-26-24(27-14-19-7-6-8-22(13-19)31-16-23(25)29)28-18(4)20-9-11-21(12-10-20)30-15-17(2)3/h6-13,17-18H,5,14-16H2,1-4H3,(H2,25,29)(H2,26,27,28). The quantitative estimate of drug-likeness (QED) is 0.378. The maximum Gasteiger partial charge on any atom is 0.255 e. The van der Waals surface area contributed by atoms with Gasteiger partial charge in [0.1, 0.15) is 11.5 Å². The minimum absolute atomic E-state index is 0.0715. The average molecular weight is 427 g/mol. The first kappa shape index (κ1) is 24.1. The normalized spacial score (nSPS) is 12.4. The molecule has 0 saturated heterocycles. The molecule has 0 spiro atoms. The van der Waals surface area contributed by atoms with Crippen LogP contribution >= 0.6 is 0 Å². The first-order valence-corrected chi connectivity index (χ1v) is 10.6. The number of amides is 1. The highest BCUT2D eigenvalue weighted by atomic mass is 16.5. The summed E-state index contributed by atoms with van der Waals surface area (Å²) in [5.74, 6) is 2.19. The van der Waals surface area contributed by atoms with Crippen LogP contribution in [0.25, 0.3) is 0 Å². The Bertz CT molecular complexity index is 850. The Labute approximate surface area is 185 Å². The second-order valence-corrected chi connectivity index (χ2v) is 7.74. The first-order chi connectivity index (χ1) is 14.9. The number of carbonyl (C=O) groups excluding carboxylic acids is 1. The fourth-order valence-corrected chi connectivity index (χ4v) is 2.78. The van der Waals surface area contributed by atoms with Gasteiger partial charge in [-0.25, -0.2) is 4.99 Å². The number of nitrogens with zero attached hydrogens (tertiary/aromatic N) is 1. The third-order valence-corrected chi connectivity index (χ3v) is 4.36. The summed E-state index contributed by atoms with van der Waals surface area (Å²) in [6, 6.07) is 15.7. The van der Waals surface area contributed by atoms with Crippen LogP contribution in [0.15, 0.2) is 53.5 Å². The topological polar surface area (TPSA) is 98.0 Å². The lowest BCUT2D eigenvalue weighted by atomic mass is 10.1. The molecule has 0 saturated carbocycles. The molecule has 2 aromatic carbocycles. The van der Waals surface area contributed by atoms with Gasteiger partial charge in [-0.15, -0.1) is 0 Å². The number of hydrogen-bond donors (Lipinski definition) is 3. The number of nitrogens with one attached hydrogen (secondary N) is 2.